The second kappa shape index (κ2) is 5.83. The van der Waals surface area contributed by atoms with E-state index in [1.807, 2.05) is 18.2 Å². The molecule has 0 saturated heterocycles. The molecule has 0 aliphatic heterocycles. The Bertz CT molecular complexity index is 614. The third-order valence-corrected chi connectivity index (χ3v) is 2.90. The molecule has 0 amide bonds. The molecule has 94 valence electrons. The van der Waals surface area contributed by atoms with Crippen molar-refractivity contribution in [2.24, 2.45) is 0 Å². The molecule has 2 aromatic rings. The summed E-state index contributed by atoms with van der Waals surface area (Å²) in [4.78, 5) is 12.5. The minimum atomic E-state index is -0.808. The van der Waals surface area contributed by atoms with Crippen LogP contribution in [0.2, 0.25) is 0 Å². The molecule has 2 rings (SSSR count). The lowest BCUT2D eigenvalue weighted by atomic mass is 9.91. The highest BCUT2D eigenvalue weighted by atomic mass is 16.5. The molecule has 0 bridgehead atoms. The largest absolute Gasteiger partial charge is 0.496 e. The minimum Gasteiger partial charge on any atom is -0.496 e. The van der Waals surface area contributed by atoms with Gasteiger partial charge in [0.25, 0.3) is 0 Å². The van der Waals surface area contributed by atoms with Crippen LogP contribution in [0.15, 0.2) is 54.6 Å². The molecular formula is C16H13NO2. The van der Waals surface area contributed by atoms with Crippen molar-refractivity contribution in [1.29, 1.82) is 5.26 Å². The van der Waals surface area contributed by atoms with Crippen LogP contribution in [0.3, 0.4) is 0 Å². The Morgan fingerprint density at radius 2 is 1.74 bits per heavy atom. The van der Waals surface area contributed by atoms with Crippen molar-refractivity contribution in [2.45, 2.75) is 5.92 Å². The Balaban J connectivity index is 2.40. The van der Waals surface area contributed by atoms with Crippen LogP contribution in [0.1, 0.15) is 21.8 Å². The number of hydrogen-bond acceptors (Lipinski definition) is 3. The number of methoxy groups -OCH3 is 1. The zero-order valence-electron chi connectivity index (χ0n) is 10.5. The number of Topliss-reactive ketones (excluding diaryl/α,β-unsaturated/α-hetero) is 1. The Hall–Kier alpha value is -2.60. The first-order chi connectivity index (χ1) is 9.27. The summed E-state index contributed by atoms with van der Waals surface area (Å²) in [6.45, 7) is 0. The number of ether oxygens (including phenoxy) is 1. The molecule has 0 radical (unpaired) electrons. The number of hydrogen-bond donors (Lipinski definition) is 0. The maximum atomic E-state index is 12.5. The fourth-order valence-electron chi connectivity index (χ4n) is 1.93. The number of nitrogens with zero attached hydrogens (tertiary/aromatic N) is 1. The number of rotatable bonds is 4. The molecule has 1 atom stereocenters. The van der Waals surface area contributed by atoms with Crippen LogP contribution in [-0.4, -0.2) is 12.9 Å². The summed E-state index contributed by atoms with van der Waals surface area (Å²) < 4.78 is 5.17. The van der Waals surface area contributed by atoms with Gasteiger partial charge in [-0.05, 0) is 17.7 Å². The van der Waals surface area contributed by atoms with Crippen molar-refractivity contribution in [1.82, 2.24) is 0 Å². The van der Waals surface area contributed by atoms with Crippen molar-refractivity contribution in [3.8, 4) is 11.8 Å². The van der Waals surface area contributed by atoms with Gasteiger partial charge >= 0.3 is 0 Å². The molecular weight excluding hydrogens is 238 g/mol. The van der Waals surface area contributed by atoms with Gasteiger partial charge < -0.3 is 4.74 Å². The number of para-hydroxylation sites is 1. The number of carbonyl (C=O) groups excluding carboxylic acids is 1. The molecule has 1 unspecified atom stereocenters. The molecule has 2 aromatic carbocycles. The number of carbonyl (C=O) groups is 1. The van der Waals surface area contributed by atoms with E-state index >= 15 is 0 Å². The van der Waals surface area contributed by atoms with E-state index in [4.69, 9.17) is 4.74 Å². The molecule has 0 aliphatic carbocycles. The molecule has 3 heteroatoms. The van der Waals surface area contributed by atoms with Crippen LogP contribution in [0, 0.1) is 11.3 Å². The van der Waals surface area contributed by atoms with Gasteiger partial charge in [-0.3, -0.25) is 4.79 Å². The Morgan fingerprint density at radius 3 is 2.37 bits per heavy atom. The zero-order valence-corrected chi connectivity index (χ0v) is 10.5. The van der Waals surface area contributed by atoms with Crippen molar-refractivity contribution < 1.29 is 9.53 Å². The molecule has 3 nitrogen and oxygen atoms in total. The average molecular weight is 251 g/mol. The van der Waals surface area contributed by atoms with Crippen molar-refractivity contribution >= 4 is 5.78 Å². The highest BCUT2D eigenvalue weighted by Crippen LogP contribution is 2.25. The number of benzene rings is 2. The normalized spacial score (nSPS) is 11.4. The van der Waals surface area contributed by atoms with Crippen LogP contribution < -0.4 is 4.74 Å². The van der Waals surface area contributed by atoms with Crippen LogP contribution in [0.4, 0.5) is 0 Å². The monoisotopic (exact) mass is 251 g/mol. The van der Waals surface area contributed by atoms with E-state index in [0.29, 0.717) is 16.9 Å². The smallest absolute Gasteiger partial charge is 0.188 e. The van der Waals surface area contributed by atoms with E-state index in [-0.39, 0.29) is 5.78 Å². The lowest BCUT2D eigenvalue weighted by molar-refractivity contribution is 0.0976. The first-order valence-electron chi connectivity index (χ1n) is 5.89. The summed E-state index contributed by atoms with van der Waals surface area (Å²) >= 11 is 0. The molecule has 0 saturated carbocycles. The van der Waals surface area contributed by atoms with Gasteiger partial charge in [-0.25, -0.2) is 0 Å². The predicted molar refractivity (Wildman–Crippen MR) is 72.1 cm³/mol. The molecule has 0 aliphatic rings. The van der Waals surface area contributed by atoms with E-state index in [9.17, 15) is 10.1 Å². The van der Waals surface area contributed by atoms with Crippen molar-refractivity contribution in [2.75, 3.05) is 7.11 Å². The van der Waals surface area contributed by atoms with E-state index in [1.54, 1.807) is 36.4 Å². The van der Waals surface area contributed by atoms with Crippen molar-refractivity contribution in [3.05, 3.63) is 65.7 Å². The van der Waals surface area contributed by atoms with Crippen LogP contribution in [0.25, 0.3) is 0 Å². The summed E-state index contributed by atoms with van der Waals surface area (Å²) in [5, 5.41) is 9.26. The van der Waals surface area contributed by atoms with Gasteiger partial charge in [0, 0.05) is 0 Å². The quantitative estimate of drug-likeness (QED) is 0.784. The number of nitriles is 1. The van der Waals surface area contributed by atoms with Crippen molar-refractivity contribution in [3.63, 3.8) is 0 Å². The molecule has 19 heavy (non-hydrogen) atoms. The van der Waals surface area contributed by atoms with E-state index in [2.05, 4.69) is 6.07 Å². The molecule has 0 fully saturated rings. The Kier molecular flexibility index (Phi) is 3.94. The summed E-state index contributed by atoms with van der Waals surface area (Å²) in [6, 6.07) is 18.0. The van der Waals surface area contributed by atoms with Gasteiger partial charge in [0.05, 0.1) is 18.7 Å². The highest BCUT2D eigenvalue weighted by molar-refractivity contribution is 6.04. The van der Waals surface area contributed by atoms with Crippen LogP contribution >= 0.6 is 0 Å². The van der Waals surface area contributed by atoms with Gasteiger partial charge in [-0.15, -0.1) is 0 Å². The van der Waals surface area contributed by atoms with Gasteiger partial charge in [0.2, 0.25) is 0 Å². The van der Waals surface area contributed by atoms with Gasteiger partial charge in [-0.2, -0.15) is 5.26 Å². The van der Waals surface area contributed by atoms with Crippen LogP contribution in [-0.2, 0) is 0 Å². The Morgan fingerprint density at radius 1 is 1.11 bits per heavy atom. The van der Waals surface area contributed by atoms with Crippen LogP contribution in [0.5, 0.6) is 5.75 Å². The molecule has 0 spiro atoms. The van der Waals surface area contributed by atoms with E-state index in [0.717, 1.165) is 0 Å². The fraction of sp³-hybridized carbons (Fsp3) is 0.125. The summed E-state index contributed by atoms with van der Waals surface area (Å²) in [5.41, 5.74) is 1.13. The van der Waals surface area contributed by atoms with Gasteiger partial charge in [0.1, 0.15) is 11.7 Å². The SMILES string of the molecule is COc1ccccc1C(=O)C(C#N)c1ccccc1. The van der Waals surface area contributed by atoms with E-state index in [1.165, 1.54) is 7.11 Å². The lowest BCUT2D eigenvalue weighted by Crippen LogP contribution is -2.12. The van der Waals surface area contributed by atoms with E-state index < -0.39 is 5.92 Å². The third kappa shape index (κ3) is 2.63. The topological polar surface area (TPSA) is 50.1 Å². The van der Waals surface area contributed by atoms with Gasteiger partial charge in [0.15, 0.2) is 5.78 Å². The number of ketones is 1. The third-order valence-electron chi connectivity index (χ3n) is 2.90. The maximum absolute atomic E-state index is 12.5. The minimum absolute atomic E-state index is 0.244. The molecule has 0 aromatic heterocycles. The fourth-order valence-corrected chi connectivity index (χ4v) is 1.93. The zero-order chi connectivity index (χ0) is 13.7. The van der Waals surface area contributed by atoms with Gasteiger partial charge in [-0.1, -0.05) is 42.5 Å². The summed E-state index contributed by atoms with van der Waals surface area (Å²) in [5.74, 6) is -0.563. The summed E-state index contributed by atoms with van der Waals surface area (Å²) in [6.07, 6.45) is 0. The summed E-state index contributed by atoms with van der Waals surface area (Å²) in [7, 11) is 1.51. The second-order valence-corrected chi connectivity index (χ2v) is 4.04. The second-order valence-electron chi connectivity index (χ2n) is 4.04. The predicted octanol–water partition coefficient (Wildman–Crippen LogP) is 3.19. The molecule has 0 heterocycles. The maximum Gasteiger partial charge on any atom is 0.188 e. The Labute approximate surface area is 112 Å². The first-order valence-corrected chi connectivity index (χ1v) is 5.89. The standard InChI is InChI=1S/C16H13NO2/c1-19-15-10-6-5-9-13(15)16(18)14(11-17)12-7-3-2-4-8-12/h2-10,14H,1H3. The molecule has 0 N–H and O–H groups in total. The highest BCUT2D eigenvalue weighted by Gasteiger charge is 2.23. The average Bonchev–Trinajstić information content (AvgIpc) is 2.49. The lowest BCUT2D eigenvalue weighted by Gasteiger charge is -2.11. The first kappa shape index (κ1) is 12.8.